The van der Waals surface area contributed by atoms with Crippen LogP contribution in [0.4, 0.5) is 20.2 Å². The predicted molar refractivity (Wildman–Crippen MR) is 117 cm³/mol. The van der Waals surface area contributed by atoms with Gasteiger partial charge in [-0.25, -0.2) is 8.42 Å². The lowest BCUT2D eigenvalue weighted by molar-refractivity contribution is -0.0517. The van der Waals surface area contributed by atoms with E-state index >= 15 is 0 Å². The van der Waals surface area contributed by atoms with Crippen LogP contribution < -0.4 is 14.4 Å². The number of nitrogens with one attached hydrogen (secondary N) is 1. The fraction of sp³-hybridized carbons (Fsp3) is 0.400. The number of halogens is 3. The number of aryl methyl sites for hydroxylation is 1. The largest absolute Gasteiger partial charge is 0.433 e. The van der Waals surface area contributed by atoms with Gasteiger partial charge in [0.2, 0.25) is 0 Å². The van der Waals surface area contributed by atoms with E-state index in [-0.39, 0.29) is 17.3 Å². The second kappa shape index (κ2) is 10.3. The average molecular weight is 462 g/mol. The lowest BCUT2D eigenvalue weighted by Crippen LogP contribution is -2.29. The molecule has 1 fully saturated rings. The summed E-state index contributed by atoms with van der Waals surface area (Å²) in [7, 11) is -2.02. The molecule has 0 amide bonds. The van der Waals surface area contributed by atoms with Gasteiger partial charge in [0.05, 0.1) is 5.69 Å². The highest BCUT2D eigenvalue weighted by Gasteiger charge is 2.22. The van der Waals surface area contributed by atoms with E-state index in [1.54, 1.807) is 12.1 Å². The Bertz CT molecular complexity index is 960. The van der Waals surface area contributed by atoms with Crippen molar-refractivity contribution >= 4 is 33.8 Å². The first-order chi connectivity index (χ1) is 13.8. The van der Waals surface area contributed by atoms with E-state index in [0.717, 1.165) is 43.9 Å². The molecule has 1 heterocycles. The third kappa shape index (κ3) is 5.96. The Morgan fingerprint density at radius 3 is 2.53 bits per heavy atom. The number of para-hydroxylation sites is 1. The maximum absolute atomic E-state index is 12.8. The van der Waals surface area contributed by atoms with E-state index in [1.807, 2.05) is 13.0 Å². The molecule has 3 rings (SSSR count). The topological polar surface area (TPSA) is 61.9 Å². The maximum Gasteiger partial charge on any atom is 0.387 e. The van der Waals surface area contributed by atoms with Crippen LogP contribution in [-0.4, -0.2) is 53.2 Å². The van der Waals surface area contributed by atoms with E-state index in [2.05, 4.69) is 26.3 Å². The molecule has 0 radical (unpaired) electrons. The summed E-state index contributed by atoms with van der Waals surface area (Å²) in [6, 6.07) is 10.6. The van der Waals surface area contributed by atoms with Gasteiger partial charge in [-0.05, 0) is 56.8 Å². The molecule has 0 aliphatic carbocycles. The van der Waals surface area contributed by atoms with Crippen molar-refractivity contribution in [3.63, 3.8) is 0 Å². The van der Waals surface area contributed by atoms with Crippen molar-refractivity contribution in [2.24, 2.45) is 0 Å². The zero-order valence-electron chi connectivity index (χ0n) is 16.8. The summed E-state index contributed by atoms with van der Waals surface area (Å²) in [6.45, 7) is 2.54. The summed E-state index contributed by atoms with van der Waals surface area (Å²) in [5, 5.41) is 0. The van der Waals surface area contributed by atoms with Crippen LogP contribution in [0.2, 0.25) is 0 Å². The molecule has 30 heavy (non-hydrogen) atoms. The third-order valence-corrected chi connectivity index (χ3v) is 6.30. The number of alkyl halides is 2. The molecule has 1 N–H and O–H groups in total. The predicted octanol–water partition coefficient (Wildman–Crippen LogP) is 3.96. The summed E-state index contributed by atoms with van der Waals surface area (Å²) in [6.07, 6.45) is 1.02. The van der Waals surface area contributed by atoms with Gasteiger partial charge < -0.3 is 14.5 Å². The minimum atomic E-state index is -4.10. The highest BCUT2D eigenvalue weighted by Crippen LogP contribution is 2.30. The second-order valence-electron chi connectivity index (χ2n) is 7.08. The van der Waals surface area contributed by atoms with Crippen LogP contribution in [-0.2, 0) is 10.0 Å². The van der Waals surface area contributed by atoms with Gasteiger partial charge in [0.15, 0.2) is 0 Å². The molecule has 0 atom stereocenters. The van der Waals surface area contributed by atoms with Crippen LogP contribution in [0.1, 0.15) is 12.0 Å². The molecule has 0 unspecified atom stereocenters. The number of likely N-dealkylation sites (N-methyl/N-ethyl adjacent to an activating group) is 1. The molecule has 166 valence electrons. The Labute approximate surface area is 182 Å². The van der Waals surface area contributed by atoms with E-state index in [1.165, 1.54) is 24.3 Å². The minimum absolute atomic E-state index is 0. The number of hydrogen-bond donors (Lipinski definition) is 1. The van der Waals surface area contributed by atoms with Gasteiger partial charge in [0.25, 0.3) is 10.0 Å². The highest BCUT2D eigenvalue weighted by atomic mass is 35.5. The van der Waals surface area contributed by atoms with Crippen LogP contribution in [0, 0.1) is 6.92 Å². The molecule has 1 aliphatic rings. The lowest BCUT2D eigenvalue weighted by Gasteiger charge is -2.25. The SMILES string of the molecule is Cc1ccc(NS(=O)(=O)c2ccccc2OC(F)F)cc1N1CCCN(C)CC1.Cl. The molecule has 0 aromatic heterocycles. The fourth-order valence-corrected chi connectivity index (χ4v) is 4.56. The van der Waals surface area contributed by atoms with Crippen molar-refractivity contribution in [3.05, 3.63) is 48.0 Å². The van der Waals surface area contributed by atoms with Gasteiger partial charge in [-0.3, -0.25) is 4.72 Å². The van der Waals surface area contributed by atoms with Crippen LogP contribution in [0.5, 0.6) is 5.75 Å². The van der Waals surface area contributed by atoms with Gasteiger partial charge in [-0.15, -0.1) is 12.4 Å². The quantitative estimate of drug-likeness (QED) is 0.705. The molecule has 2 aromatic rings. The van der Waals surface area contributed by atoms with E-state index in [4.69, 9.17) is 0 Å². The molecular weight excluding hydrogens is 436 g/mol. The minimum Gasteiger partial charge on any atom is -0.433 e. The van der Waals surface area contributed by atoms with Crippen molar-refractivity contribution in [3.8, 4) is 5.75 Å². The van der Waals surface area contributed by atoms with Crippen LogP contribution in [0.25, 0.3) is 0 Å². The zero-order chi connectivity index (χ0) is 21.0. The van der Waals surface area contributed by atoms with Gasteiger partial charge in [-0.1, -0.05) is 18.2 Å². The molecule has 6 nitrogen and oxygen atoms in total. The Morgan fingerprint density at radius 1 is 1.07 bits per heavy atom. The molecule has 2 aromatic carbocycles. The number of nitrogens with zero attached hydrogens (tertiary/aromatic N) is 2. The van der Waals surface area contributed by atoms with Gasteiger partial charge in [0.1, 0.15) is 10.6 Å². The van der Waals surface area contributed by atoms with Crippen molar-refractivity contribution < 1.29 is 21.9 Å². The molecule has 0 bridgehead atoms. The van der Waals surface area contributed by atoms with Crippen molar-refractivity contribution in [1.29, 1.82) is 0 Å². The summed E-state index contributed by atoms with van der Waals surface area (Å²) in [5.74, 6) is -0.391. The summed E-state index contributed by atoms with van der Waals surface area (Å²) < 4.78 is 57.8. The highest BCUT2D eigenvalue weighted by molar-refractivity contribution is 7.92. The van der Waals surface area contributed by atoms with E-state index in [0.29, 0.717) is 5.69 Å². The van der Waals surface area contributed by atoms with Crippen molar-refractivity contribution in [1.82, 2.24) is 4.90 Å². The summed E-state index contributed by atoms with van der Waals surface area (Å²) in [4.78, 5) is 4.17. The number of rotatable bonds is 6. The Kier molecular flexibility index (Phi) is 8.28. The second-order valence-corrected chi connectivity index (χ2v) is 8.73. The van der Waals surface area contributed by atoms with Crippen LogP contribution in [0.3, 0.4) is 0 Å². The average Bonchev–Trinajstić information content (AvgIpc) is 2.87. The molecule has 1 aliphatic heterocycles. The molecular formula is C20H26ClF2N3O3S. The molecule has 10 heteroatoms. The molecule has 1 saturated heterocycles. The number of anilines is 2. The standard InChI is InChI=1S/C20H25F2N3O3S.ClH/c1-15-8-9-16(14-17(15)25-11-5-10-24(2)12-13-25)23-29(26,27)19-7-4-3-6-18(19)28-20(21)22;/h3-4,6-9,14,20,23H,5,10-13H2,1-2H3;1H. The monoisotopic (exact) mass is 461 g/mol. The van der Waals surface area contributed by atoms with Crippen LogP contribution in [0.15, 0.2) is 47.4 Å². The number of benzene rings is 2. The molecule has 0 saturated carbocycles. The Hall–Kier alpha value is -2.10. The smallest absolute Gasteiger partial charge is 0.387 e. The number of ether oxygens (including phenoxy) is 1. The normalized spacial score (nSPS) is 15.4. The van der Waals surface area contributed by atoms with Crippen molar-refractivity contribution in [2.45, 2.75) is 24.9 Å². The number of hydrogen-bond acceptors (Lipinski definition) is 5. The van der Waals surface area contributed by atoms with Gasteiger partial charge in [-0.2, -0.15) is 8.78 Å². The Balaban J connectivity index is 0.00000320. The first-order valence-electron chi connectivity index (χ1n) is 9.37. The first-order valence-corrected chi connectivity index (χ1v) is 10.9. The van der Waals surface area contributed by atoms with Crippen LogP contribution >= 0.6 is 12.4 Å². The van der Waals surface area contributed by atoms with Gasteiger partial charge in [0, 0.05) is 25.3 Å². The summed E-state index contributed by atoms with van der Waals surface area (Å²) >= 11 is 0. The maximum atomic E-state index is 12.8. The zero-order valence-corrected chi connectivity index (χ0v) is 18.5. The Morgan fingerprint density at radius 2 is 1.80 bits per heavy atom. The van der Waals surface area contributed by atoms with E-state index < -0.39 is 22.4 Å². The van der Waals surface area contributed by atoms with E-state index in [9.17, 15) is 17.2 Å². The molecule has 0 spiro atoms. The van der Waals surface area contributed by atoms with Crippen molar-refractivity contribution in [2.75, 3.05) is 42.8 Å². The summed E-state index contributed by atoms with van der Waals surface area (Å²) in [5.41, 5.74) is 2.37. The first kappa shape index (κ1) is 24.2. The number of sulfonamides is 1. The van der Waals surface area contributed by atoms with Gasteiger partial charge >= 0.3 is 6.61 Å². The lowest BCUT2D eigenvalue weighted by atomic mass is 10.1. The fourth-order valence-electron chi connectivity index (χ4n) is 3.38. The third-order valence-electron chi connectivity index (χ3n) is 4.88.